The third-order valence-corrected chi connectivity index (χ3v) is 3.93. The summed E-state index contributed by atoms with van der Waals surface area (Å²) in [6, 6.07) is 10.6. The number of nitrogens with one attached hydrogen (secondary N) is 1. The van der Waals surface area contributed by atoms with Crippen LogP contribution in [-0.2, 0) is 16.1 Å². The highest BCUT2D eigenvalue weighted by molar-refractivity contribution is 6.30. The Bertz CT molecular complexity index is 667. The third-order valence-electron chi connectivity index (χ3n) is 3.68. The van der Waals surface area contributed by atoms with Gasteiger partial charge in [0.1, 0.15) is 11.7 Å². The molecule has 0 spiro atoms. The fourth-order valence-corrected chi connectivity index (χ4v) is 2.64. The highest BCUT2D eigenvalue weighted by Crippen LogP contribution is 2.26. The minimum Gasteiger partial charge on any atom is -0.467 e. The molecule has 2 aromatic rings. The Labute approximate surface area is 132 Å². The van der Waals surface area contributed by atoms with Gasteiger partial charge in [0.15, 0.2) is 0 Å². The Morgan fingerprint density at radius 3 is 2.77 bits per heavy atom. The van der Waals surface area contributed by atoms with Gasteiger partial charge in [0.25, 0.3) is 0 Å². The van der Waals surface area contributed by atoms with Crippen molar-refractivity contribution >= 4 is 29.1 Å². The van der Waals surface area contributed by atoms with Crippen LogP contribution in [0.5, 0.6) is 0 Å². The van der Waals surface area contributed by atoms with Crippen LogP contribution in [-0.4, -0.2) is 18.4 Å². The number of hydrogen-bond acceptors (Lipinski definition) is 3. The van der Waals surface area contributed by atoms with E-state index in [0.29, 0.717) is 23.7 Å². The molecule has 3 rings (SSSR count). The molecule has 0 bridgehead atoms. The number of halogens is 1. The quantitative estimate of drug-likeness (QED) is 0.881. The zero-order chi connectivity index (χ0) is 15.5. The van der Waals surface area contributed by atoms with E-state index in [1.54, 1.807) is 47.6 Å². The van der Waals surface area contributed by atoms with Crippen molar-refractivity contribution in [2.75, 3.05) is 11.4 Å². The summed E-state index contributed by atoms with van der Waals surface area (Å²) in [7, 11) is 0. The van der Waals surface area contributed by atoms with Crippen molar-refractivity contribution in [3.8, 4) is 0 Å². The van der Waals surface area contributed by atoms with E-state index in [1.807, 2.05) is 0 Å². The highest BCUT2D eigenvalue weighted by Gasteiger charge is 2.37. The van der Waals surface area contributed by atoms with E-state index in [1.165, 1.54) is 0 Å². The van der Waals surface area contributed by atoms with E-state index < -0.39 is 5.92 Å². The van der Waals surface area contributed by atoms with Crippen LogP contribution >= 0.6 is 11.6 Å². The lowest BCUT2D eigenvalue weighted by Gasteiger charge is -2.16. The molecule has 2 heterocycles. The molecule has 1 aliphatic rings. The number of hydrogen-bond donors (Lipinski definition) is 1. The number of amides is 2. The molecule has 5 nitrogen and oxygen atoms in total. The predicted molar refractivity (Wildman–Crippen MR) is 82.5 cm³/mol. The molecule has 6 heteroatoms. The van der Waals surface area contributed by atoms with E-state index in [-0.39, 0.29) is 18.4 Å². The molecule has 1 fully saturated rings. The molecule has 0 radical (unpaired) electrons. The average Bonchev–Trinajstić information content (AvgIpc) is 3.15. The van der Waals surface area contributed by atoms with Gasteiger partial charge in [-0.25, -0.2) is 0 Å². The van der Waals surface area contributed by atoms with Gasteiger partial charge in [-0.1, -0.05) is 11.6 Å². The molecule has 2 amide bonds. The van der Waals surface area contributed by atoms with Crippen LogP contribution < -0.4 is 10.2 Å². The Kier molecular flexibility index (Phi) is 4.15. The summed E-state index contributed by atoms with van der Waals surface area (Å²) in [5, 5.41) is 3.35. The first kappa shape index (κ1) is 14.7. The minimum atomic E-state index is -0.648. The molecule has 1 aromatic carbocycles. The second kappa shape index (κ2) is 6.23. The van der Waals surface area contributed by atoms with Crippen molar-refractivity contribution in [1.82, 2.24) is 5.32 Å². The topological polar surface area (TPSA) is 62.6 Å². The normalized spacial score (nSPS) is 17.8. The van der Waals surface area contributed by atoms with E-state index in [9.17, 15) is 9.59 Å². The fourth-order valence-electron chi connectivity index (χ4n) is 2.51. The fraction of sp³-hybridized carbons (Fsp3) is 0.250. The molecule has 1 aliphatic heterocycles. The van der Waals surface area contributed by atoms with Crippen molar-refractivity contribution in [3.63, 3.8) is 0 Å². The lowest BCUT2D eigenvalue weighted by Crippen LogP contribution is -2.36. The second-order valence-corrected chi connectivity index (χ2v) is 5.54. The van der Waals surface area contributed by atoms with Gasteiger partial charge in [0.05, 0.1) is 12.8 Å². The van der Waals surface area contributed by atoms with Crippen molar-refractivity contribution in [2.24, 2.45) is 5.92 Å². The van der Waals surface area contributed by atoms with Crippen LogP contribution in [0.2, 0.25) is 5.02 Å². The van der Waals surface area contributed by atoms with Crippen LogP contribution in [0.4, 0.5) is 5.69 Å². The Morgan fingerprint density at radius 1 is 1.32 bits per heavy atom. The largest absolute Gasteiger partial charge is 0.467 e. The second-order valence-electron chi connectivity index (χ2n) is 5.10. The summed E-state index contributed by atoms with van der Waals surface area (Å²) in [5.74, 6) is -0.434. The number of anilines is 1. The Balaban J connectivity index is 1.63. The van der Waals surface area contributed by atoms with Crippen molar-refractivity contribution < 1.29 is 14.0 Å². The summed E-state index contributed by atoms with van der Waals surface area (Å²) in [6.45, 7) is 0.815. The highest BCUT2D eigenvalue weighted by atomic mass is 35.5. The number of carbonyl (C=O) groups is 2. The molecule has 1 saturated heterocycles. The van der Waals surface area contributed by atoms with Crippen LogP contribution in [0.15, 0.2) is 47.1 Å². The standard InChI is InChI=1S/C16H15ClN2O3/c17-11-3-5-12(6-4-11)19-8-7-14(16(19)21)15(20)18-10-13-2-1-9-22-13/h1-6,9,14H,7-8,10H2,(H,18,20). The predicted octanol–water partition coefficient (Wildman–Crippen LogP) is 2.60. The first-order chi connectivity index (χ1) is 10.6. The molecule has 1 aromatic heterocycles. The molecule has 0 saturated carbocycles. The molecular formula is C16H15ClN2O3. The van der Waals surface area contributed by atoms with Gasteiger partial charge >= 0.3 is 0 Å². The zero-order valence-electron chi connectivity index (χ0n) is 11.8. The molecular weight excluding hydrogens is 304 g/mol. The number of nitrogens with zero attached hydrogens (tertiary/aromatic N) is 1. The number of carbonyl (C=O) groups excluding carboxylic acids is 2. The first-order valence-corrected chi connectivity index (χ1v) is 7.40. The zero-order valence-corrected chi connectivity index (χ0v) is 12.5. The maximum atomic E-state index is 12.4. The van der Waals surface area contributed by atoms with Crippen LogP contribution in [0.1, 0.15) is 12.2 Å². The molecule has 1 N–H and O–H groups in total. The van der Waals surface area contributed by atoms with Crippen molar-refractivity contribution in [3.05, 3.63) is 53.4 Å². The van der Waals surface area contributed by atoms with Gasteiger partial charge in [-0.3, -0.25) is 9.59 Å². The summed E-state index contributed by atoms with van der Waals surface area (Å²) in [6.07, 6.45) is 2.05. The van der Waals surface area contributed by atoms with Gasteiger partial charge in [0.2, 0.25) is 11.8 Å². The Morgan fingerprint density at radius 2 is 2.09 bits per heavy atom. The first-order valence-electron chi connectivity index (χ1n) is 7.02. The van der Waals surface area contributed by atoms with Crippen molar-refractivity contribution in [2.45, 2.75) is 13.0 Å². The van der Waals surface area contributed by atoms with Gasteiger partial charge in [-0.2, -0.15) is 0 Å². The van der Waals surface area contributed by atoms with Crippen LogP contribution in [0, 0.1) is 5.92 Å². The van der Waals surface area contributed by atoms with E-state index in [0.717, 1.165) is 5.69 Å². The van der Waals surface area contributed by atoms with Gasteiger partial charge < -0.3 is 14.6 Å². The SMILES string of the molecule is O=C(NCc1ccco1)C1CCN(c2ccc(Cl)cc2)C1=O. The lowest BCUT2D eigenvalue weighted by atomic mass is 10.1. The molecule has 0 aliphatic carbocycles. The summed E-state index contributed by atoms with van der Waals surface area (Å²) in [4.78, 5) is 26.2. The van der Waals surface area contributed by atoms with E-state index >= 15 is 0 Å². The molecule has 114 valence electrons. The van der Waals surface area contributed by atoms with Crippen molar-refractivity contribution in [1.29, 1.82) is 0 Å². The number of rotatable bonds is 4. The minimum absolute atomic E-state index is 0.181. The summed E-state index contributed by atoms with van der Waals surface area (Å²) >= 11 is 5.85. The monoisotopic (exact) mass is 318 g/mol. The number of benzene rings is 1. The maximum absolute atomic E-state index is 12.4. The van der Waals surface area contributed by atoms with E-state index in [2.05, 4.69) is 5.32 Å². The van der Waals surface area contributed by atoms with Crippen LogP contribution in [0.3, 0.4) is 0 Å². The van der Waals surface area contributed by atoms with Gasteiger partial charge in [-0.15, -0.1) is 0 Å². The third kappa shape index (κ3) is 2.99. The molecule has 1 atom stereocenters. The summed E-state index contributed by atoms with van der Waals surface area (Å²) < 4.78 is 5.15. The average molecular weight is 319 g/mol. The molecule has 1 unspecified atom stereocenters. The lowest BCUT2D eigenvalue weighted by molar-refractivity contribution is -0.132. The summed E-state index contributed by atoms with van der Waals surface area (Å²) in [5.41, 5.74) is 0.760. The smallest absolute Gasteiger partial charge is 0.239 e. The van der Waals surface area contributed by atoms with Gasteiger partial charge in [-0.05, 0) is 42.8 Å². The maximum Gasteiger partial charge on any atom is 0.239 e. The van der Waals surface area contributed by atoms with Crippen LogP contribution in [0.25, 0.3) is 0 Å². The molecule has 22 heavy (non-hydrogen) atoms. The van der Waals surface area contributed by atoms with E-state index in [4.69, 9.17) is 16.0 Å². The Hall–Kier alpha value is -2.27. The van der Waals surface area contributed by atoms with Gasteiger partial charge in [0, 0.05) is 17.3 Å². The number of furan rings is 1.